The number of hydrogen-bond acceptors (Lipinski definition) is 4. The van der Waals surface area contributed by atoms with Crippen LogP contribution in [0, 0.1) is 6.92 Å². The van der Waals surface area contributed by atoms with Crippen LogP contribution < -0.4 is 10.6 Å². The maximum atomic E-state index is 12.1. The van der Waals surface area contributed by atoms with Crippen molar-refractivity contribution in [3.8, 4) is 0 Å². The Bertz CT molecular complexity index is 746. The summed E-state index contributed by atoms with van der Waals surface area (Å²) in [5, 5.41) is 5.68. The molecule has 2 aromatic rings. The fraction of sp³-hybridized carbons (Fsp3) is 0.188. The smallest absolute Gasteiger partial charge is 0.234 e. The number of hydrogen-bond donors (Lipinski definition) is 2. The molecule has 0 aliphatic carbocycles. The van der Waals surface area contributed by atoms with Gasteiger partial charge >= 0.3 is 0 Å². The van der Waals surface area contributed by atoms with Crippen LogP contribution in [0.4, 0.5) is 11.4 Å². The topological polar surface area (TPSA) is 71.1 Å². The molecule has 2 amide bonds. The fourth-order valence-corrected chi connectivity index (χ4v) is 3.04. The van der Waals surface area contributed by atoms with E-state index < -0.39 is 0 Å². The van der Waals surface area contributed by atoms with Crippen molar-refractivity contribution in [1.29, 1.82) is 0 Å². The first kappa shape index (κ1) is 14.6. The van der Waals surface area contributed by atoms with Gasteiger partial charge in [0.05, 0.1) is 17.9 Å². The third kappa shape index (κ3) is 3.46. The van der Waals surface area contributed by atoms with Crippen molar-refractivity contribution in [3.63, 3.8) is 0 Å². The van der Waals surface area contributed by atoms with Crippen LogP contribution in [0.25, 0.3) is 0 Å². The number of nitrogens with one attached hydrogen (secondary N) is 2. The van der Waals surface area contributed by atoms with Crippen LogP contribution in [0.2, 0.25) is 0 Å². The maximum absolute atomic E-state index is 12.1. The molecule has 0 atom stereocenters. The molecule has 0 saturated heterocycles. The highest BCUT2D eigenvalue weighted by Crippen LogP contribution is 2.32. The summed E-state index contributed by atoms with van der Waals surface area (Å²) in [6.07, 6.45) is 1.92. The molecule has 22 heavy (non-hydrogen) atoms. The quantitative estimate of drug-likeness (QED) is 0.914. The third-order valence-corrected chi connectivity index (χ3v) is 4.30. The Morgan fingerprint density at radius 3 is 3.05 bits per heavy atom. The monoisotopic (exact) mass is 313 g/mol. The molecule has 0 spiro atoms. The lowest BCUT2D eigenvalue weighted by Gasteiger charge is -2.17. The zero-order valence-corrected chi connectivity index (χ0v) is 12.9. The van der Waals surface area contributed by atoms with Crippen LogP contribution in [-0.4, -0.2) is 22.6 Å². The minimum absolute atomic E-state index is 0.00800. The minimum atomic E-state index is -0.0969. The standard InChI is InChI=1S/C16H15N3O2S/c1-10-6-12(4-5-17-10)18-15(20)8-11-2-3-14-13(7-11)19-16(21)9-22-14/h2-7H,8-9H2,1H3,(H,19,21)(H,17,18,20). The molecule has 0 saturated carbocycles. The van der Waals surface area contributed by atoms with Crippen LogP contribution in [0.3, 0.4) is 0 Å². The Morgan fingerprint density at radius 1 is 1.36 bits per heavy atom. The molecular weight excluding hydrogens is 298 g/mol. The van der Waals surface area contributed by atoms with E-state index in [1.165, 1.54) is 11.8 Å². The first-order chi connectivity index (χ1) is 10.6. The molecular formula is C16H15N3O2S. The molecule has 3 rings (SSSR count). The molecule has 0 radical (unpaired) electrons. The van der Waals surface area contributed by atoms with E-state index in [0.29, 0.717) is 5.75 Å². The molecule has 0 unspecified atom stereocenters. The Balaban J connectivity index is 1.69. The Labute approximate surface area is 132 Å². The molecule has 1 aliphatic heterocycles. The molecule has 5 nitrogen and oxygen atoms in total. The van der Waals surface area contributed by atoms with Gasteiger partial charge in [-0.2, -0.15) is 0 Å². The second kappa shape index (κ2) is 6.19. The average Bonchev–Trinajstić information content (AvgIpc) is 2.46. The molecule has 2 heterocycles. The van der Waals surface area contributed by atoms with E-state index in [9.17, 15) is 9.59 Å². The molecule has 0 fully saturated rings. The summed E-state index contributed by atoms with van der Waals surface area (Å²) in [7, 11) is 0. The van der Waals surface area contributed by atoms with Crippen molar-refractivity contribution in [1.82, 2.24) is 4.98 Å². The summed E-state index contributed by atoms with van der Waals surface area (Å²) >= 11 is 1.51. The zero-order valence-electron chi connectivity index (χ0n) is 12.1. The van der Waals surface area contributed by atoms with Crippen molar-refractivity contribution < 1.29 is 9.59 Å². The van der Waals surface area contributed by atoms with Crippen LogP contribution >= 0.6 is 11.8 Å². The van der Waals surface area contributed by atoms with Gasteiger partial charge in [0.2, 0.25) is 11.8 Å². The number of carbonyl (C=O) groups excluding carboxylic acids is 2. The van der Waals surface area contributed by atoms with Crippen molar-refractivity contribution in [2.75, 3.05) is 16.4 Å². The zero-order chi connectivity index (χ0) is 15.5. The van der Waals surface area contributed by atoms with Crippen LogP contribution in [0.15, 0.2) is 41.4 Å². The molecule has 6 heteroatoms. The van der Waals surface area contributed by atoms with Gasteiger partial charge in [-0.25, -0.2) is 0 Å². The lowest BCUT2D eigenvalue weighted by atomic mass is 10.1. The van der Waals surface area contributed by atoms with Gasteiger partial charge in [0, 0.05) is 22.5 Å². The van der Waals surface area contributed by atoms with Gasteiger partial charge in [0.1, 0.15) is 0 Å². The molecule has 1 aromatic heterocycles. The molecule has 1 aliphatic rings. The minimum Gasteiger partial charge on any atom is -0.326 e. The van der Waals surface area contributed by atoms with Crippen molar-refractivity contribution in [3.05, 3.63) is 47.8 Å². The van der Waals surface area contributed by atoms with E-state index >= 15 is 0 Å². The highest BCUT2D eigenvalue weighted by Gasteiger charge is 2.16. The van der Waals surface area contributed by atoms with Gasteiger partial charge in [-0.1, -0.05) is 6.07 Å². The number of fused-ring (bicyclic) bond motifs is 1. The Hall–Kier alpha value is -2.34. The van der Waals surface area contributed by atoms with E-state index in [2.05, 4.69) is 15.6 Å². The molecule has 112 valence electrons. The van der Waals surface area contributed by atoms with Gasteiger partial charge in [0.15, 0.2) is 0 Å². The molecule has 1 aromatic carbocycles. The average molecular weight is 313 g/mol. The second-order valence-corrected chi connectivity index (χ2v) is 6.10. The number of amides is 2. The second-order valence-electron chi connectivity index (χ2n) is 5.08. The third-order valence-electron chi connectivity index (χ3n) is 3.22. The summed E-state index contributed by atoms with van der Waals surface area (Å²) in [6, 6.07) is 9.30. The number of benzene rings is 1. The van der Waals surface area contributed by atoms with Gasteiger partial charge in [0.25, 0.3) is 0 Å². The Morgan fingerprint density at radius 2 is 2.23 bits per heavy atom. The van der Waals surface area contributed by atoms with Crippen molar-refractivity contribution >= 4 is 35.0 Å². The number of aromatic nitrogens is 1. The first-order valence-corrected chi connectivity index (χ1v) is 7.87. The van der Waals surface area contributed by atoms with E-state index in [1.807, 2.05) is 31.2 Å². The number of carbonyl (C=O) groups is 2. The number of pyridine rings is 1. The van der Waals surface area contributed by atoms with E-state index in [4.69, 9.17) is 0 Å². The summed E-state index contributed by atoms with van der Waals surface area (Å²) < 4.78 is 0. The van der Waals surface area contributed by atoms with Crippen molar-refractivity contribution in [2.24, 2.45) is 0 Å². The lowest BCUT2D eigenvalue weighted by Crippen LogP contribution is -2.19. The number of anilines is 2. The summed E-state index contributed by atoms with van der Waals surface area (Å²) in [4.78, 5) is 28.6. The van der Waals surface area contributed by atoms with Crippen LogP contribution in [0.1, 0.15) is 11.3 Å². The number of thioether (sulfide) groups is 1. The van der Waals surface area contributed by atoms with Crippen LogP contribution in [-0.2, 0) is 16.0 Å². The normalized spacial score (nSPS) is 13.2. The SMILES string of the molecule is Cc1cc(NC(=O)Cc2ccc3c(c2)NC(=O)CS3)ccn1. The lowest BCUT2D eigenvalue weighted by molar-refractivity contribution is -0.115. The van der Waals surface area contributed by atoms with Crippen LogP contribution in [0.5, 0.6) is 0 Å². The van der Waals surface area contributed by atoms with Gasteiger partial charge in [-0.05, 0) is 36.8 Å². The number of aryl methyl sites for hydroxylation is 1. The first-order valence-electron chi connectivity index (χ1n) is 6.88. The van der Waals surface area contributed by atoms with Gasteiger partial charge in [-0.15, -0.1) is 11.8 Å². The summed E-state index contributed by atoms with van der Waals surface area (Å²) in [5.74, 6) is 0.334. The molecule has 0 bridgehead atoms. The Kier molecular flexibility index (Phi) is 4.11. The largest absolute Gasteiger partial charge is 0.326 e. The predicted octanol–water partition coefficient (Wildman–Crippen LogP) is 2.62. The van der Waals surface area contributed by atoms with E-state index in [-0.39, 0.29) is 18.2 Å². The fourth-order valence-electron chi connectivity index (χ4n) is 2.25. The molecule has 2 N–H and O–H groups in total. The van der Waals surface area contributed by atoms with Crippen molar-refractivity contribution in [2.45, 2.75) is 18.2 Å². The van der Waals surface area contributed by atoms with E-state index in [0.717, 1.165) is 27.5 Å². The predicted molar refractivity (Wildman–Crippen MR) is 87.1 cm³/mol. The summed E-state index contributed by atoms with van der Waals surface area (Å²) in [5.41, 5.74) is 3.24. The van der Waals surface area contributed by atoms with E-state index in [1.54, 1.807) is 12.3 Å². The number of rotatable bonds is 3. The highest BCUT2D eigenvalue weighted by molar-refractivity contribution is 8.00. The van der Waals surface area contributed by atoms with Gasteiger partial charge < -0.3 is 10.6 Å². The highest BCUT2D eigenvalue weighted by atomic mass is 32.2. The number of nitrogens with zero attached hydrogens (tertiary/aromatic N) is 1. The van der Waals surface area contributed by atoms with Gasteiger partial charge in [-0.3, -0.25) is 14.6 Å². The summed E-state index contributed by atoms with van der Waals surface area (Å²) in [6.45, 7) is 1.87. The maximum Gasteiger partial charge on any atom is 0.234 e.